The van der Waals surface area contributed by atoms with Gasteiger partial charge >= 0.3 is 6.01 Å². The molecular formula is C43H47N9O7. The Morgan fingerprint density at radius 2 is 1.78 bits per heavy atom. The number of rotatable bonds is 17. The summed E-state index contributed by atoms with van der Waals surface area (Å²) in [6.45, 7) is 5.57. The van der Waals surface area contributed by atoms with Crippen molar-refractivity contribution in [1.82, 2.24) is 20.2 Å². The standard InChI is InChI=1S/C43H47N9O7/c1-28-7-5-8-30(25-28)27-45-50-35-26-36(51-20-23-58-24-21-51)48-43(47-35)59-22-18-29-12-14-31(15-13-29)46-37(53)11-3-2-4-19-44-33-10-6-9-32-39(33)42(57)52(41(32)56)34-16-17-38(54)49-40(34)55/h5-10,12-15,25-27,34,44H,2-4,11,16-24H2,1H3,(H,46,53)(H,47,48,50)(H,49,54,55)/b45-27+. The third-order valence-electron chi connectivity index (χ3n) is 10.2. The van der Waals surface area contributed by atoms with E-state index in [2.05, 4.69) is 41.3 Å². The number of nitrogens with one attached hydrogen (secondary N) is 4. The summed E-state index contributed by atoms with van der Waals surface area (Å²) in [5.74, 6) is -0.991. The van der Waals surface area contributed by atoms with Crippen LogP contribution in [-0.4, -0.2) is 96.1 Å². The first-order valence-electron chi connectivity index (χ1n) is 19.9. The van der Waals surface area contributed by atoms with Gasteiger partial charge in [-0.05, 0) is 61.6 Å². The largest absolute Gasteiger partial charge is 0.463 e. The number of aromatic nitrogens is 2. The fourth-order valence-electron chi connectivity index (χ4n) is 7.12. The van der Waals surface area contributed by atoms with Crippen LogP contribution < -0.4 is 31.0 Å². The van der Waals surface area contributed by atoms with E-state index in [1.165, 1.54) is 0 Å². The molecule has 306 valence electrons. The van der Waals surface area contributed by atoms with Gasteiger partial charge in [0.1, 0.15) is 11.9 Å². The number of carbonyl (C=O) groups excluding carboxylic acids is 5. The van der Waals surface area contributed by atoms with Crippen molar-refractivity contribution in [2.45, 2.75) is 57.9 Å². The number of amides is 5. The Kier molecular flexibility index (Phi) is 13.2. The molecule has 2 saturated heterocycles. The molecule has 16 nitrogen and oxygen atoms in total. The minimum atomic E-state index is -1.02. The molecule has 2 fully saturated rings. The maximum absolute atomic E-state index is 13.3. The maximum Gasteiger partial charge on any atom is 0.320 e. The molecule has 16 heteroatoms. The molecule has 0 bridgehead atoms. The molecule has 7 rings (SSSR count). The summed E-state index contributed by atoms with van der Waals surface area (Å²) in [7, 11) is 0. The van der Waals surface area contributed by atoms with Crippen molar-refractivity contribution in [1.29, 1.82) is 0 Å². The van der Waals surface area contributed by atoms with E-state index >= 15 is 0 Å². The number of aryl methyl sites for hydroxylation is 1. The van der Waals surface area contributed by atoms with Gasteiger partial charge in [0.15, 0.2) is 5.82 Å². The molecule has 4 heterocycles. The zero-order valence-electron chi connectivity index (χ0n) is 32.9. The van der Waals surface area contributed by atoms with E-state index in [0.717, 1.165) is 40.2 Å². The van der Waals surface area contributed by atoms with Crippen LogP contribution in [0.3, 0.4) is 0 Å². The molecule has 0 saturated carbocycles. The minimum Gasteiger partial charge on any atom is -0.463 e. The first-order valence-corrected chi connectivity index (χ1v) is 19.9. The highest BCUT2D eigenvalue weighted by atomic mass is 16.5. The second-order valence-electron chi connectivity index (χ2n) is 14.5. The molecule has 5 amide bonds. The zero-order valence-corrected chi connectivity index (χ0v) is 32.9. The number of hydrogen-bond donors (Lipinski definition) is 4. The van der Waals surface area contributed by atoms with Gasteiger partial charge in [-0.3, -0.25) is 39.6 Å². The molecular weight excluding hydrogens is 755 g/mol. The minimum absolute atomic E-state index is 0.0614. The SMILES string of the molecule is Cc1cccc(/C=N/Nc2cc(N3CCOCC3)nc(OCCc3ccc(NC(=O)CCCCCNc4cccc5c4C(=O)N(C4CCC(=O)NC4=O)C5=O)cc3)n2)c1. The Hall–Kier alpha value is -6.68. The summed E-state index contributed by atoms with van der Waals surface area (Å²) in [6, 6.07) is 21.7. The second kappa shape index (κ2) is 19.2. The fraction of sp³-hybridized carbons (Fsp3) is 0.349. The fourth-order valence-corrected chi connectivity index (χ4v) is 7.12. The number of ether oxygens (including phenoxy) is 2. The van der Waals surface area contributed by atoms with Crippen LogP contribution in [0.1, 0.15) is 75.9 Å². The number of nitrogens with zero attached hydrogens (tertiary/aromatic N) is 5. The normalized spacial score (nSPS) is 16.6. The number of fused-ring (bicyclic) bond motifs is 1. The van der Waals surface area contributed by atoms with Crippen LogP contribution in [-0.2, 0) is 25.5 Å². The molecule has 1 aromatic heterocycles. The number of hydrazone groups is 1. The van der Waals surface area contributed by atoms with Crippen LogP contribution >= 0.6 is 0 Å². The smallest absolute Gasteiger partial charge is 0.320 e. The van der Waals surface area contributed by atoms with Crippen molar-refractivity contribution in [2.75, 3.05) is 60.4 Å². The number of hydrogen-bond acceptors (Lipinski definition) is 13. The summed E-state index contributed by atoms with van der Waals surface area (Å²) in [5.41, 5.74) is 7.83. The Bertz CT molecular complexity index is 2220. The Morgan fingerprint density at radius 1 is 0.966 bits per heavy atom. The van der Waals surface area contributed by atoms with Crippen molar-refractivity contribution < 1.29 is 33.4 Å². The number of carbonyl (C=O) groups is 5. The molecule has 1 unspecified atom stereocenters. The van der Waals surface area contributed by atoms with E-state index in [1.54, 1.807) is 24.4 Å². The number of piperidine rings is 1. The molecule has 1 atom stereocenters. The van der Waals surface area contributed by atoms with E-state index in [4.69, 9.17) is 9.47 Å². The highest BCUT2D eigenvalue weighted by molar-refractivity contribution is 6.25. The van der Waals surface area contributed by atoms with Gasteiger partial charge in [-0.2, -0.15) is 15.1 Å². The molecule has 3 aliphatic heterocycles. The first-order chi connectivity index (χ1) is 28.7. The summed E-state index contributed by atoms with van der Waals surface area (Å²) in [5, 5.41) is 12.8. The monoisotopic (exact) mass is 801 g/mol. The van der Waals surface area contributed by atoms with Gasteiger partial charge in [-0.15, -0.1) is 0 Å². The molecule has 4 N–H and O–H groups in total. The molecule has 4 aromatic rings. The summed E-state index contributed by atoms with van der Waals surface area (Å²) in [4.78, 5) is 75.3. The van der Waals surface area contributed by atoms with E-state index in [0.29, 0.717) is 75.9 Å². The zero-order chi connectivity index (χ0) is 41.1. The molecule has 3 aromatic carbocycles. The molecule has 3 aliphatic rings. The highest BCUT2D eigenvalue weighted by Gasteiger charge is 2.45. The average Bonchev–Trinajstić information content (AvgIpc) is 3.49. The Balaban J connectivity index is 0.829. The lowest BCUT2D eigenvalue weighted by molar-refractivity contribution is -0.136. The topological polar surface area (TPSA) is 197 Å². The molecule has 0 spiro atoms. The van der Waals surface area contributed by atoms with Gasteiger partial charge in [-0.25, -0.2) is 0 Å². The number of morpholine rings is 1. The lowest BCUT2D eigenvalue weighted by Crippen LogP contribution is -2.54. The van der Waals surface area contributed by atoms with E-state index < -0.39 is 29.7 Å². The van der Waals surface area contributed by atoms with Crippen LogP contribution in [0.25, 0.3) is 0 Å². The Labute approximate surface area is 341 Å². The first kappa shape index (κ1) is 40.5. The molecule has 0 radical (unpaired) electrons. The quantitative estimate of drug-likeness (QED) is 0.0498. The highest BCUT2D eigenvalue weighted by Crippen LogP contribution is 2.32. The average molecular weight is 802 g/mol. The summed E-state index contributed by atoms with van der Waals surface area (Å²) < 4.78 is 11.5. The van der Waals surface area contributed by atoms with Gasteiger partial charge in [-0.1, -0.05) is 54.4 Å². The van der Waals surface area contributed by atoms with Crippen LogP contribution in [0, 0.1) is 6.92 Å². The number of imide groups is 2. The lowest BCUT2D eigenvalue weighted by atomic mass is 10.0. The van der Waals surface area contributed by atoms with Crippen molar-refractivity contribution in [3.63, 3.8) is 0 Å². The van der Waals surface area contributed by atoms with Gasteiger partial charge in [0.2, 0.25) is 17.7 Å². The predicted molar refractivity (Wildman–Crippen MR) is 222 cm³/mol. The predicted octanol–water partition coefficient (Wildman–Crippen LogP) is 4.70. The second-order valence-corrected chi connectivity index (χ2v) is 14.5. The van der Waals surface area contributed by atoms with Gasteiger partial charge in [0, 0.05) is 56.3 Å². The third-order valence-corrected chi connectivity index (χ3v) is 10.2. The van der Waals surface area contributed by atoms with E-state index in [1.807, 2.05) is 61.5 Å². The van der Waals surface area contributed by atoms with Gasteiger partial charge in [0.25, 0.3) is 11.8 Å². The summed E-state index contributed by atoms with van der Waals surface area (Å²) >= 11 is 0. The van der Waals surface area contributed by atoms with E-state index in [9.17, 15) is 24.0 Å². The van der Waals surface area contributed by atoms with Crippen LogP contribution in [0.2, 0.25) is 0 Å². The number of unbranched alkanes of at least 4 members (excludes halogenated alkanes) is 2. The van der Waals surface area contributed by atoms with Gasteiger partial charge < -0.3 is 25.0 Å². The van der Waals surface area contributed by atoms with Crippen LogP contribution in [0.15, 0.2) is 77.9 Å². The van der Waals surface area contributed by atoms with Crippen molar-refractivity contribution in [3.8, 4) is 6.01 Å². The van der Waals surface area contributed by atoms with Crippen molar-refractivity contribution in [3.05, 3.63) is 101 Å². The number of benzene rings is 3. The van der Waals surface area contributed by atoms with Crippen molar-refractivity contribution in [2.24, 2.45) is 5.10 Å². The number of anilines is 4. The lowest BCUT2D eigenvalue weighted by Gasteiger charge is -2.28. The Morgan fingerprint density at radius 3 is 2.58 bits per heavy atom. The maximum atomic E-state index is 13.3. The van der Waals surface area contributed by atoms with Crippen LogP contribution in [0.5, 0.6) is 6.01 Å². The summed E-state index contributed by atoms with van der Waals surface area (Å²) in [6.07, 6.45) is 5.03. The van der Waals surface area contributed by atoms with Crippen LogP contribution in [0.4, 0.5) is 23.0 Å². The van der Waals surface area contributed by atoms with E-state index in [-0.39, 0.29) is 35.9 Å². The molecule has 59 heavy (non-hydrogen) atoms. The third kappa shape index (κ3) is 10.4. The van der Waals surface area contributed by atoms with Gasteiger partial charge in [0.05, 0.1) is 37.2 Å². The molecule has 0 aliphatic carbocycles. The van der Waals surface area contributed by atoms with Crippen molar-refractivity contribution >= 4 is 58.8 Å².